The molecule has 2 aromatic carbocycles. The lowest BCUT2D eigenvalue weighted by molar-refractivity contribution is 0.0934. The highest BCUT2D eigenvalue weighted by Gasteiger charge is 2.24. The first kappa shape index (κ1) is 14.1. The SMILES string of the molecule is O=C(NC1CCSc2c(F)cccc21)c1ccc(F)cc1. The van der Waals surface area contributed by atoms with Gasteiger partial charge in [-0.1, -0.05) is 12.1 Å². The molecule has 2 aromatic rings. The molecule has 0 fully saturated rings. The van der Waals surface area contributed by atoms with Gasteiger partial charge < -0.3 is 5.32 Å². The molecule has 1 unspecified atom stereocenters. The third-order valence-electron chi connectivity index (χ3n) is 3.44. The monoisotopic (exact) mass is 305 g/mol. The molecular weight excluding hydrogens is 292 g/mol. The average molecular weight is 305 g/mol. The number of halogens is 2. The fraction of sp³-hybridized carbons (Fsp3) is 0.188. The second kappa shape index (κ2) is 5.85. The molecule has 3 rings (SSSR count). The van der Waals surface area contributed by atoms with Gasteiger partial charge in [-0.15, -0.1) is 11.8 Å². The quantitative estimate of drug-likeness (QED) is 0.911. The third kappa shape index (κ3) is 2.93. The molecule has 0 radical (unpaired) electrons. The fourth-order valence-corrected chi connectivity index (χ4v) is 3.52. The zero-order valence-electron chi connectivity index (χ0n) is 11.1. The summed E-state index contributed by atoms with van der Waals surface area (Å²) >= 11 is 1.47. The summed E-state index contributed by atoms with van der Waals surface area (Å²) in [5.74, 6) is -0.157. The Kier molecular flexibility index (Phi) is 3.92. The second-order valence-corrected chi connectivity index (χ2v) is 5.93. The van der Waals surface area contributed by atoms with Crippen molar-refractivity contribution in [1.29, 1.82) is 0 Å². The summed E-state index contributed by atoms with van der Waals surface area (Å²) in [6.07, 6.45) is 0.744. The van der Waals surface area contributed by atoms with Gasteiger partial charge in [-0.2, -0.15) is 0 Å². The minimum Gasteiger partial charge on any atom is -0.345 e. The number of benzene rings is 2. The zero-order chi connectivity index (χ0) is 14.8. The van der Waals surface area contributed by atoms with Gasteiger partial charge in [-0.05, 0) is 42.3 Å². The number of fused-ring (bicyclic) bond motifs is 1. The van der Waals surface area contributed by atoms with Crippen LogP contribution in [-0.4, -0.2) is 11.7 Å². The molecule has 2 nitrogen and oxygen atoms in total. The van der Waals surface area contributed by atoms with E-state index in [1.54, 1.807) is 6.07 Å². The van der Waals surface area contributed by atoms with Gasteiger partial charge in [0.2, 0.25) is 0 Å². The van der Waals surface area contributed by atoms with Gasteiger partial charge in [0.1, 0.15) is 11.6 Å². The molecule has 0 saturated carbocycles. The van der Waals surface area contributed by atoms with E-state index < -0.39 is 0 Å². The molecule has 0 bridgehead atoms. The minimum absolute atomic E-state index is 0.213. The lowest BCUT2D eigenvalue weighted by Gasteiger charge is -2.26. The number of carbonyl (C=O) groups excluding carboxylic acids is 1. The van der Waals surface area contributed by atoms with Crippen LogP contribution in [0, 0.1) is 11.6 Å². The number of hydrogen-bond donors (Lipinski definition) is 1. The van der Waals surface area contributed by atoms with Gasteiger partial charge in [0.25, 0.3) is 5.91 Å². The predicted molar refractivity (Wildman–Crippen MR) is 78.3 cm³/mol. The Bertz CT molecular complexity index is 672. The Labute approximate surface area is 125 Å². The van der Waals surface area contributed by atoms with E-state index in [-0.39, 0.29) is 23.6 Å². The molecule has 0 saturated heterocycles. The summed E-state index contributed by atoms with van der Waals surface area (Å²) in [6.45, 7) is 0. The molecule has 5 heteroatoms. The van der Waals surface area contributed by atoms with Gasteiger partial charge in [0.05, 0.1) is 6.04 Å². The normalized spacial score (nSPS) is 17.1. The van der Waals surface area contributed by atoms with Crippen molar-refractivity contribution in [2.75, 3.05) is 5.75 Å². The third-order valence-corrected chi connectivity index (χ3v) is 4.60. The Morgan fingerprint density at radius 2 is 1.90 bits per heavy atom. The van der Waals surface area contributed by atoms with Gasteiger partial charge in [-0.25, -0.2) is 8.78 Å². The highest BCUT2D eigenvalue weighted by atomic mass is 32.2. The van der Waals surface area contributed by atoms with Crippen LogP contribution in [0.2, 0.25) is 0 Å². The van der Waals surface area contributed by atoms with Crippen molar-refractivity contribution < 1.29 is 13.6 Å². The molecule has 1 aliphatic rings. The maximum absolute atomic E-state index is 13.8. The Morgan fingerprint density at radius 1 is 1.14 bits per heavy atom. The van der Waals surface area contributed by atoms with Crippen LogP contribution in [0.25, 0.3) is 0 Å². The van der Waals surface area contributed by atoms with E-state index in [9.17, 15) is 13.6 Å². The minimum atomic E-state index is -0.381. The van der Waals surface area contributed by atoms with Crippen molar-refractivity contribution in [2.45, 2.75) is 17.4 Å². The summed E-state index contributed by atoms with van der Waals surface area (Å²) < 4.78 is 26.6. The first-order valence-corrected chi connectivity index (χ1v) is 7.61. The van der Waals surface area contributed by atoms with Crippen molar-refractivity contribution in [2.24, 2.45) is 0 Å². The Balaban J connectivity index is 1.82. The maximum atomic E-state index is 13.8. The van der Waals surface area contributed by atoms with Gasteiger partial charge in [-0.3, -0.25) is 4.79 Å². The number of hydrogen-bond acceptors (Lipinski definition) is 2. The van der Waals surface area contributed by atoms with Crippen molar-refractivity contribution in [3.63, 3.8) is 0 Å². The molecule has 1 amide bonds. The first-order chi connectivity index (χ1) is 10.1. The smallest absolute Gasteiger partial charge is 0.251 e. The first-order valence-electron chi connectivity index (χ1n) is 6.63. The fourth-order valence-electron chi connectivity index (χ4n) is 2.38. The van der Waals surface area contributed by atoms with Gasteiger partial charge in [0, 0.05) is 16.2 Å². The van der Waals surface area contributed by atoms with E-state index in [1.165, 1.54) is 42.1 Å². The largest absolute Gasteiger partial charge is 0.345 e. The molecule has 1 heterocycles. The van der Waals surface area contributed by atoms with Crippen LogP contribution < -0.4 is 5.32 Å². The van der Waals surface area contributed by atoms with Crippen LogP contribution >= 0.6 is 11.8 Å². The lowest BCUT2D eigenvalue weighted by atomic mass is 10.0. The van der Waals surface area contributed by atoms with Gasteiger partial charge in [0.15, 0.2) is 0 Å². The lowest BCUT2D eigenvalue weighted by Crippen LogP contribution is -2.30. The number of carbonyl (C=O) groups is 1. The van der Waals surface area contributed by atoms with Crippen molar-refractivity contribution in [1.82, 2.24) is 5.32 Å². The second-order valence-electron chi connectivity index (χ2n) is 4.83. The van der Waals surface area contributed by atoms with Gasteiger partial charge >= 0.3 is 0 Å². The van der Waals surface area contributed by atoms with Crippen LogP contribution in [0.15, 0.2) is 47.4 Å². The molecule has 0 aliphatic carbocycles. The topological polar surface area (TPSA) is 29.1 Å². The van der Waals surface area contributed by atoms with Crippen molar-refractivity contribution in [3.8, 4) is 0 Å². The number of thioether (sulfide) groups is 1. The van der Waals surface area contributed by atoms with Crippen LogP contribution in [0.5, 0.6) is 0 Å². The molecule has 108 valence electrons. The predicted octanol–water partition coefficient (Wildman–Crippen LogP) is 3.93. The maximum Gasteiger partial charge on any atom is 0.251 e. The summed E-state index contributed by atoms with van der Waals surface area (Å²) in [5, 5.41) is 2.90. The van der Waals surface area contributed by atoms with Crippen LogP contribution in [-0.2, 0) is 0 Å². The van der Waals surface area contributed by atoms with E-state index >= 15 is 0 Å². The summed E-state index contributed by atoms with van der Waals surface area (Å²) in [4.78, 5) is 12.8. The highest BCUT2D eigenvalue weighted by Crippen LogP contribution is 2.37. The average Bonchev–Trinajstić information content (AvgIpc) is 2.49. The summed E-state index contributed by atoms with van der Waals surface area (Å²) in [5.41, 5.74) is 1.20. The standard InChI is InChI=1S/C16H13F2NOS/c17-11-6-4-10(5-7-11)16(20)19-14-8-9-21-15-12(14)2-1-3-13(15)18/h1-7,14H,8-9H2,(H,19,20). The van der Waals surface area contributed by atoms with E-state index in [0.717, 1.165) is 17.7 Å². The molecule has 21 heavy (non-hydrogen) atoms. The molecule has 1 N–H and O–H groups in total. The molecule has 0 spiro atoms. The van der Waals surface area contributed by atoms with Crippen molar-refractivity contribution in [3.05, 3.63) is 65.2 Å². The summed E-state index contributed by atoms with van der Waals surface area (Å²) in [6, 6.07) is 10.1. The Hall–Kier alpha value is -1.88. The van der Waals surface area contributed by atoms with E-state index in [2.05, 4.69) is 5.32 Å². The molecule has 0 aromatic heterocycles. The summed E-state index contributed by atoms with van der Waals surface area (Å²) in [7, 11) is 0. The highest BCUT2D eigenvalue weighted by molar-refractivity contribution is 7.99. The van der Waals surface area contributed by atoms with Crippen LogP contribution in [0.1, 0.15) is 28.4 Å². The molecular formula is C16H13F2NOS. The molecule has 1 atom stereocenters. The van der Waals surface area contributed by atoms with Crippen molar-refractivity contribution >= 4 is 17.7 Å². The molecule has 1 aliphatic heterocycles. The van der Waals surface area contributed by atoms with E-state index in [1.807, 2.05) is 6.07 Å². The number of nitrogens with one attached hydrogen (secondary N) is 1. The Morgan fingerprint density at radius 3 is 2.67 bits per heavy atom. The van der Waals surface area contributed by atoms with Crippen LogP contribution in [0.3, 0.4) is 0 Å². The van der Waals surface area contributed by atoms with Crippen LogP contribution in [0.4, 0.5) is 8.78 Å². The number of amides is 1. The van der Waals surface area contributed by atoms with E-state index in [0.29, 0.717) is 10.5 Å². The zero-order valence-corrected chi connectivity index (χ0v) is 11.9. The number of rotatable bonds is 2. The van der Waals surface area contributed by atoms with E-state index in [4.69, 9.17) is 0 Å².